The van der Waals surface area contributed by atoms with Gasteiger partial charge in [-0.2, -0.15) is 11.8 Å². The zero-order chi connectivity index (χ0) is 6.10. The van der Waals surface area contributed by atoms with E-state index in [1.807, 2.05) is 11.8 Å². The van der Waals surface area contributed by atoms with Gasteiger partial charge in [-0.05, 0) is 0 Å². The molecule has 1 aliphatic rings. The van der Waals surface area contributed by atoms with E-state index in [9.17, 15) is 0 Å². The standard InChI is InChI=1S/C6H7NOS/c1-2-9-3-5-6(1)8-4-7-5/h4H,1-3H2. The van der Waals surface area contributed by atoms with Gasteiger partial charge in [0.2, 0.25) is 0 Å². The van der Waals surface area contributed by atoms with Gasteiger partial charge in [0, 0.05) is 17.9 Å². The number of fused-ring (bicyclic) bond motifs is 1. The van der Waals surface area contributed by atoms with Crippen LogP contribution in [0.3, 0.4) is 0 Å². The Kier molecular flexibility index (Phi) is 1.23. The number of hydrogen-bond donors (Lipinski definition) is 0. The van der Waals surface area contributed by atoms with Gasteiger partial charge >= 0.3 is 0 Å². The topological polar surface area (TPSA) is 26.0 Å². The molecule has 0 spiro atoms. The van der Waals surface area contributed by atoms with Crippen molar-refractivity contribution in [3.05, 3.63) is 17.8 Å². The van der Waals surface area contributed by atoms with Crippen LogP contribution in [-0.4, -0.2) is 10.7 Å². The van der Waals surface area contributed by atoms with Crippen LogP contribution in [0.1, 0.15) is 11.5 Å². The van der Waals surface area contributed by atoms with Crippen molar-refractivity contribution in [1.82, 2.24) is 4.98 Å². The molecule has 2 heterocycles. The van der Waals surface area contributed by atoms with Crippen molar-refractivity contribution in [2.24, 2.45) is 0 Å². The number of rotatable bonds is 0. The fraction of sp³-hybridized carbons (Fsp3) is 0.500. The maximum absolute atomic E-state index is 5.13. The normalized spacial score (nSPS) is 17.3. The van der Waals surface area contributed by atoms with Crippen LogP contribution in [0.25, 0.3) is 0 Å². The van der Waals surface area contributed by atoms with E-state index >= 15 is 0 Å². The second-order valence-corrected chi connectivity index (χ2v) is 3.13. The first-order valence-electron chi connectivity index (χ1n) is 2.96. The Morgan fingerprint density at radius 1 is 1.67 bits per heavy atom. The van der Waals surface area contributed by atoms with Gasteiger partial charge in [-0.25, -0.2) is 4.98 Å². The van der Waals surface area contributed by atoms with E-state index in [1.165, 1.54) is 12.1 Å². The highest BCUT2D eigenvalue weighted by Crippen LogP contribution is 2.22. The molecule has 48 valence electrons. The highest BCUT2D eigenvalue weighted by molar-refractivity contribution is 7.98. The molecule has 0 saturated carbocycles. The Hall–Kier alpha value is -0.440. The van der Waals surface area contributed by atoms with Gasteiger partial charge in [0.15, 0.2) is 6.39 Å². The summed E-state index contributed by atoms with van der Waals surface area (Å²) in [4.78, 5) is 4.07. The predicted octanol–water partition coefficient (Wildman–Crippen LogP) is 1.46. The number of thioether (sulfide) groups is 1. The summed E-state index contributed by atoms with van der Waals surface area (Å²) in [6.45, 7) is 0. The van der Waals surface area contributed by atoms with E-state index in [1.54, 1.807) is 0 Å². The summed E-state index contributed by atoms with van der Waals surface area (Å²) in [5, 5.41) is 0. The molecule has 2 rings (SSSR count). The van der Waals surface area contributed by atoms with Crippen molar-refractivity contribution >= 4 is 11.8 Å². The first kappa shape index (κ1) is 5.35. The Morgan fingerprint density at radius 3 is 3.56 bits per heavy atom. The molecule has 3 heteroatoms. The molecule has 0 fully saturated rings. The number of nitrogens with zero attached hydrogens (tertiary/aromatic N) is 1. The largest absolute Gasteiger partial charge is 0.448 e. The van der Waals surface area contributed by atoms with Crippen molar-refractivity contribution in [3.8, 4) is 0 Å². The summed E-state index contributed by atoms with van der Waals surface area (Å²) in [6.07, 6.45) is 2.59. The highest BCUT2D eigenvalue weighted by atomic mass is 32.2. The fourth-order valence-electron chi connectivity index (χ4n) is 0.948. The van der Waals surface area contributed by atoms with Crippen molar-refractivity contribution in [1.29, 1.82) is 0 Å². The van der Waals surface area contributed by atoms with Crippen molar-refractivity contribution < 1.29 is 4.42 Å². The van der Waals surface area contributed by atoms with Gasteiger partial charge in [-0.3, -0.25) is 0 Å². The van der Waals surface area contributed by atoms with Gasteiger partial charge in [-0.15, -0.1) is 0 Å². The fourth-order valence-corrected chi connectivity index (χ4v) is 1.85. The summed E-state index contributed by atoms with van der Waals surface area (Å²) < 4.78 is 5.13. The van der Waals surface area contributed by atoms with Crippen LogP contribution in [-0.2, 0) is 12.2 Å². The van der Waals surface area contributed by atoms with E-state index < -0.39 is 0 Å². The SMILES string of the molecule is c1nc2c(o1)CCSC2. The third-order valence-corrected chi connectivity index (χ3v) is 2.41. The van der Waals surface area contributed by atoms with Crippen molar-refractivity contribution in [2.45, 2.75) is 12.2 Å². The molecular formula is C6H7NOS. The average Bonchev–Trinajstić information content (AvgIpc) is 2.33. The molecule has 0 saturated heterocycles. The summed E-state index contributed by atoms with van der Waals surface area (Å²) in [5.41, 5.74) is 1.14. The van der Waals surface area contributed by atoms with Gasteiger partial charge in [0.05, 0.1) is 5.69 Å². The third-order valence-electron chi connectivity index (χ3n) is 1.44. The molecule has 0 bridgehead atoms. The van der Waals surface area contributed by atoms with E-state index in [2.05, 4.69) is 4.98 Å². The lowest BCUT2D eigenvalue weighted by Gasteiger charge is -2.05. The number of aromatic nitrogens is 1. The Morgan fingerprint density at radius 2 is 2.67 bits per heavy atom. The van der Waals surface area contributed by atoms with Crippen LogP contribution in [0.4, 0.5) is 0 Å². The van der Waals surface area contributed by atoms with Crippen LogP contribution >= 0.6 is 11.8 Å². The molecule has 0 atom stereocenters. The molecule has 9 heavy (non-hydrogen) atoms. The van der Waals surface area contributed by atoms with Crippen molar-refractivity contribution in [3.63, 3.8) is 0 Å². The quantitative estimate of drug-likeness (QED) is 0.547. The molecule has 0 unspecified atom stereocenters. The van der Waals surface area contributed by atoms with Crippen LogP contribution in [0.2, 0.25) is 0 Å². The molecular weight excluding hydrogens is 134 g/mol. The van der Waals surface area contributed by atoms with Crippen LogP contribution < -0.4 is 0 Å². The van der Waals surface area contributed by atoms with Crippen LogP contribution in [0.5, 0.6) is 0 Å². The monoisotopic (exact) mass is 141 g/mol. The summed E-state index contributed by atoms with van der Waals surface area (Å²) >= 11 is 1.92. The number of hydrogen-bond acceptors (Lipinski definition) is 3. The van der Waals surface area contributed by atoms with E-state index in [-0.39, 0.29) is 0 Å². The number of aryl methyl sites for hydroxylation is 1. The van der Waals surface area contributed by atoms with E-state index in [0.717, 1.165) is 23.6 Å². The summed E-state index contributed by atoms with van der Waals surface area (Å²) in [7, 11) is 0. The second kappa shape index (κ2) is 2.06. The molecule has 1 aromatic heterocycles. The first-order valence-corrected chi connectivity index (χ1v) is 4.11. The molecule has 1 aromatic rings. The van der Waals surface area contributed by atoms with Crippen LogP contribution in [0, 0.1) is 0 Å². The smallest absolute Gasteiger partial charge is 0.181 e. The lowest BCUT2D eigenvalue weighted by molar-refractivity contribution is 0.508. The molecule has 0 radical (unpaired) electrons. The highest BCUT2D eigenvalue weighted by Gasteiger charge is 2.12. The third kappa shape index (κ3) is 0.852. The van der Waals surface area contributed by atoms with Crippen molar-refractivity contribution in [2.75, 3.05) is 5.75 Å². The minimum atomic E-state index is 1.03. The Labute approximate surface area is 57.7 Å². The van der Waals surface area contributed by atoms with E-state index in [4.69, 9.17) is 4.42 Å². The minimum Gasteiger partial charge on any atom is -0.448 e. The van der Waals surface area contributed by atoms with Crippen LogP contribution in [0.15, 0.2) is 10.8 Å². The number of oxazole rings is 1. The molecule has 0 amide bonds. The zero-order valence-corrected chi connectivity index (χ0v) is 5.78. The lowest BCUT2D eigenvalue weighted by atomic mass is 10.3. The molecule has 0 N–H and O–H groups in total. The Balaban J connectivity index is 2.39. The molecule has 0 aromatic carbocycles. The van der Waals surface area contributed by atoms with E-state index in [0.29, 0.717) is 0 Å². The summed E-state index contributed by atoms with van der Waals surface area (Å²) in [5.74, 6) is 3.31. The second-order valence-electron chi connectivity index (χ2n) is 2.02. The first-order chi connectivity index (χ1) is 4.47. The molecule has 2 nitrogen and oxygen atoms in total. The molecule has 0 aliphatic carbocycles. The van der Waals surface area contributed by atoms with Gasteiger partial charge in [0.1, 0.15) is 5.76 Å². The zero-order valence-electron chi connectivity index (χ0n) is 4.96. The average molecular weight is 141 g/mol. The van der Waals surface area contributed by atoms with Gasteiger partial charge < -0.3 is 4.42 Å². The van der Waals surface area contributed by atoms with Gasteiger partial charge in [0.25, 0.3) is 0 Å². The maximum atomic E-state index is 5.13. The van der Waals surface area contributed by atoms with Gasteiger partial charge in [-0.1, -0.05) is 0 Å². The Bertz CT molecular complexity index is 188. The lowest BCUT2D eigenvalue weighted by Crippen LogP contribution is -1.98. The minimum absolute atomic E-state index is 1.03. The maximum Gasteiger partial charge on any atom is 0.181 e. The predicted molar refractivity (Wildman–Crippen MR) is 36.4 cm³/mol. The summed E-state index contributed by atoms with van der Waals surface area (Å²) in [6, 6.07) is 0. The molecule has 1 aliphatic heterocycles.